The number of thiazole rings is 1. The topological polar surface area (TPSA) is 131 Å². The molecule has 0 atom stereocenters. The highest BCUT2D eigenvalue weighted by Gasteiger charge is 2.35. The van der Waals surface area contributed by atoms with E-state index in [9.17, 15) is 9.59 Å². The average molecular weight is 387 g/mol. The van der Waals surface area contributed by atoms with Crippen LogP contribution in [-0.2, 0) is 23.1 Å². The van der Waals surface area contributed by atoms with Gasteiger partial charge in [0.15, 0.2) is 22.1 Å². The highest BCUT2D eigenvalue weighted by atomic mass is 32.1. The predicted molar refractivity (Wildman–Crippen MR) is 98.3 cm³/mol. The van der Waals surface area contributed by atoms with Gasteiger partial charge in [0.25, 0.3) is 0 Å². The number of nitrogens with zero attached hydrogens (tertiary/aromatic N) is 7. The van der Waals surface area contributed by atoms with Crippen LogP contribution in [-0.4, -0.2) is 61.9 Å². The van der Waals surface area contributed by atoms with Crippen LogP contribution in [0.4, 0.5) is 10.9 Å². The van der Waals surface area contributed by atoms with E-state index in [-0.39, 0.29) is 24.2 Å². The molecule has 1 aliphatic rings. The van der Waals surface area contributed by atoms with Gasteiger partial charge in [-0.1, -0.05) is 5.21 Å². The number of hydrogen-bond acceptors (Lipinski definition) is 9. The molecule has 0 radical (unpaired) electrons. The molecule has 11 nitrogen and oxygen atoms in total. The third kappa shape index (κ3) is 3.30. The van der Waals surface area contributed by atoms with Crippen molar-refractivity contribution >= 4 is 45.3 Å². The first-order valence-electron chi connectivity index (χ1n) is 8.26. The Labute approximate surface area is 157 Å². The Morgan fingerprint density at radius 3 is 2.93 bits per heavy atom. The fraction of sp³-hybridized carbons (Fsp3) is 0.400. The smallest absolute Gasteiger partial charge is 0.232 e. The van der Waals surface area contributed by atoms with Gasteiger partial charge in [-0.15, -0.1) is 16.4 Å². The maximum absolute atomic E-state index is 12.4. The number of amides is 2. The molecule has 0 saturated carbocycles. The number of fused-ring (bicyclic) bond motifs is 1. The minimum absolute atomic E-state index is 0.100. The van der Waals surface area contributed by atoms with Crippen LogP contribution < -0.4 is 15.5 Å². The van der Waals surface area contributed by atoms with Crippen LogP contribution in [0.2, 0.25) is 0 Å². The lowest BCUT2D eigenvalue weighted by Crippen LogP contribution is -2.52. The zero-order valence-corrected chi connectivity index (χ0v) is 15.5. The lowest BCUT2D eigenvalue weighted by Gasteiger charge is -2.38. The summed E-state index contributed by atoms with van der Waals surface area (Å²) in [5.41, 5.74) is 1.91. The molecule has 3 aromatic heterocycles. The molecular weight excluding hydrogens is 370 g/mol. The highest BCUT2D eigenvalue weighted by Crippen LogP contribution is 2.28. The van der Waals surface area contributed by atoms with Crippen LogP contribution in [0.5, 0.6) is 0 Å². The van der Waals surface area contributed by atoms with E-state index in [0.29, 0.717) is 40.9 Å². The molecular formula is C15H17N9O2S. The second-order valence-electron chi connectivity index (χ2n) is 6.17. The normalized spacial score (nSPS) is 14.2. The van der Waals surface area contributed by atoms with Crippen molar-refractivity contribution in [2.75, 3.05) is 30.4 Å². The molecule has 4 heterocycles. The van der Waals surface area contributed by atoms with E-state index < -0.39 is 0 Å². The number of carbonyl (C=O) groups excluding carboxylic acids is 2. The standard InChI is InChI=1S/C15H17N9O2S/c1-16-10(25)3-9-6-27-15(19-9)20-14(26)8-4-24(5-8)13-11-12(17-7-18-13)23(2)22-21-11/h6-8H,3-5H2,1-2H3,(H,16,25)(H,19,20,26). The summed E-state index contributed by atoms with van der Waals surface area (Å²) in [4.78, 5) is 38.5. The number of aromatic nitrogens is 6. The van der Waals surface area contributed by atoms with Crippen LogP contribution >= 0.6 is 11.3 Å². The van der Waals surface area contributed by atoms with E-state index in [1.165, 1.54) is 17.7 Å². The number of likely N-dealkylation sites (N-methyl/N-ethyl adjacent to an activating group) is 1. The minimum Gasteiger partial charge on any atom is -0.359 e. The Kier molecular flexibility index (Phi) is 4.39. The molecule has 0 aliphatic carbocycles. The first-order chi connectivity index (χ1) is 13.0. The second kappa shape index (κ2) is 6.87. The van der Waals surface area contributed by atoms with Crippen LogP contribution in [0, 0.1) is 5.92 Å². The fourth-order valence-electron chi connectivity index (χ4n) is 2.80. The number of carbonyl (C=O) groups is 2. The van der Waals surface area contributed by atoms with E-state index in [2.05, 4.69) is 35.9 Å². The largest absolute Gasteiger partial charge is 0.359 e. The van der Waals surface area contributed by atoms with Crippen LogP contribution in [0.1, 0.15) is 5.69 Å². The average Bonchev–Trinajstić information content (AvgIpc) is 3.21. The Bertz CT molecular complexity index is 1010. The summed E-state index contributed by atoms with van der Waals surface area (Å²) in [6.45, 7) is 1.07. The summed E-state index contributed by atoms with van der Waals surface area (Å²) in [5, 5.41) is 15.7. The molecule has 2 amide bonds. The van der Waals surface area contributed by atoms with Crippen molar-refractivity contribution in [3.05, 3.63) is 17.4 Å². The van der Waals surface area contributed by atoms with Crippen molar-refractivity contribution < 1.29 is 9.59 Å². The van der Waals surface area contributed by atoms with Crippen LogP contribution in [0.25, 0.3) is 11.2 Å². The molecule has 4 rings (SSSR count). The zero-order chi connectivity index (χ0) is 19.0. The molecule has 1 aliphatic heterocycles. The van der Waals surface area contributed by atoms with Crippen molar-refractivity contribution in [2.24, 2.45) is 13.0 Å². The van der Waals surface area contributed by atoms with Gasteiger partial charge in [0, 0.05) is 32.6 Å². The van der Waals surface area contributed by atoms with Gasteiger partial charge in [-0.05, 0) is 0 Å². The number of nitrogens with one attached hydrogen (secondary N) is 2. The highest BCUT2D eigenvalue weighted by molar-refractivity contribution is 7.13. The molecule has 12 heteroatoms. The van der Waals surface area contributed by atoms with E-state index in [4.69, 9.17) is 0 Å². The second-order valence-corrected chi connectivity index (χ2v) is 7.03. The number of hydrogen-bond donors (Lipinski definition) is 2. The monoisotopic (exact) mass is 387 g/mol. The lowest BCUT2D eigenvalue weighted by molar-refractivity contribution is -0.121. The summed E-state index contributed by atoms with van der Waals surface area (Å²) in [5.74, 6) is 0.293. The number of anilines is 2. The van der Waals surface area contributed by atoms with Crippen molar-refractivity contribution in [1.82, 2.24) is 35.3 Å². The summed E-state index contributed by atoms with van der Waals surface area (Å²) in [6.07, 6.45) is 1.67. The number of rotatable bonds is 5. The molecule has 140 valence electrons. The first-order valence-corrected chi connectivity index (χ1v) is 9.14. The van der Waals surface area contributed by atoms with Crippen LogP contribution in [0.15, 0.2) is 11.7 Å². The van der Waals surface area contributed by atoms with E-state index in [0.717, 1.165) is 0 Å². The molecule has 1 saturated heterocycles. The lowest BCUT2D eigenvalue weighted by atomic mass is 9.99. The van der Waals surface area contributed by atoms with E-state index in [1.54, 1.807) is 24.2 Å². The third-order valence-corrected chi connectivity index (χ3v) is 5.13. The van der Waals surface area contributed by atoms with E-state index >= 15 is 0 Å². The van der Waals surface area contributed by atoms with Crippen molar-refractivity contribution in [2.45, 2.75) is 6.42 Å². The molecule has 0 spiro atoms. The van der Waals surface area contributed by atoms with Gasteiger partial charge in [-0.2, -0.15) is 0 Å². The summed E-state index contributed by atoms with van der Waals surface area (Å²) < 4.78 is 1.59. The van der Waals surface area contributed by atoms with Crippen molar-refractivity contribution in [3.63, 3.8) is 0 Å². The van der Waals surface area contributed by atoms with Gasteiger partial charge >= 0.3 is 0 Å². The maximum atomic E-state index is 12.4. The summed E-state index contributed by atoms with van der Waals surface area (Å²) in [7, 11) is 3.34. The van der Waals surface area contributed by atoms with Crippen molar-refractivity contribution in [3.8, 4) is 0 Å². The fourth-order valence-corrected chi connectivity index (χ4v) is 3.51. The molecule has 0 aromatic carbocycles. The van der Waals surface area contributed by atoms with Crippen molar-refractivity contribution in [1.29, 1.82) is 0 Å². The Balaban J connectivity index is 1.36. The van der Waals surface area contributed by atoms with Gasteiger partial charge in [0.05, 0.1) is 18.0 Å². The predicted octanol–water partition coefficient (Wildman–Crippen LogP) is -0.422. The molecule has 1 fully saturated rings. The van der Waals surface area contributed by atoms with E-state index in [1.807, 2.05) is 4.90 Å². The van der Waals surface area contributed by atoms with Gasteiger partial charge in [0.2, 0.25) is 11.8 Å². The zero-order valence-electron chi connectivity index (χ0n) is 14.7. The summed E-state index contributed by atoms with van der Waals surface area (Å²) in [6, 6.07) is 0. The first kappa shape index (κ1) is 17.3. The Morgan fingerprint density at radius 1 is 1.33 bits per heavy atom. The van der Waals surface area contributed by atoms with Gasteiger partial charge in [0.1, 0.15) is 6.33 Å². The van der Waals surface area contributed by atoms with Crippen LogP contribution in [0.3, 0.4) is 0 Å². The molecule has 0 unspecified atom stereocenters. The van der Waals surface area contributed by atoms with Gasteiger partial charge in [-0.3, -0.25) is 9.59 Å². The SMILES string of the molecule is CNC(=O)Cc1csc(NC(=O)C2CN(c3ncnc4c3nnn4C)C2)n1. The number of aryl methyl sites for hydroxylation is 1. The minimum atomic E-state index is -0.169. The maximum Gasteiger partial charge on any atom is 0.232 e. The quantitative estimate of drug-likeness (QED) is 0.603. The van der Waals surface area contributed by atoms with Gasteiger partial charge < -0.3 is 15.5 Å². The molecule has 2 N–H and O–H groups in total. The molecule has 0 bridgehead atoms. The van der Waals surface area contributed by atoms with Gasteiger partial charge in [-0.25, -0.2) is 19.6 Å². The Hall–Kier alpha value is -3.15. The Morgan fingerprint density at radius 2 is 2.15 bits per heavy atom. The summed E-state index contributed by atoms with van der Waals surface area (Å²) >= 11 is 1.31. The molecule has 3 aromatic rings. The molecule has 27 heavy (non-hydrogen) atoms. The third-order valence-electron chi connectivity index (χ3n) is 4.32.